The molecule has 0 bridgehead atoms. The van der Waals surface area contributed by atoms with Crippen LogP contribution >= 0.6 is 23.2 Å². The maximum absolute atomic E-state index is 10.2. The van der Waals surface area contributed by atoms with E-state index in [0.29, 0.717) is 11.4 Å². The molecule has 0 aliphatic carbocycles. The Hall–Kier alpha value is -6.84. The summed E-state index contributed by atoms with van der Waals surface area (Å²) in [7, 11) is 0. The Morgan fingerprint density at radius 2 is 0.523 bits per heavy atom. The van der Waals surface area contributed by atoms with Crippen LogP contribution in [0, 0.1) is 0 Å². The third kappa shape index (κ3) is 13.9. The van der Waals surface area contributed by atoms with Crippen molar-refractivity contribution in [3.63, 3.8) is 0 Å². The minimum absolute atomic E-state index is 0.124. The number of halogens is 2. The summed E-state index contributed by atoms with van der Waals surface area (Å²) in [5.74, 6) is 0. The number of benzene rings is 9. The van der Waals surface area contributed by atoms with E-state index in [9.17, 15) is 5.48 Å². The van der Waals surface area contributed by atoms with Gasteiger partial charge in [-0.3, -0.25) is 0 Å². The maximum Gasteiger partial charge on any atom is 0.0661 e. The molecule has 0 aliphatic rings. The van der Waals surface area contributed by atoms with Crippen LogP contribution in [0.15, 0.2) is 188 Å². The molecule has 9 aromatic rings. The minimum atomic E-state index is -0.574. The van der Waals surface area contributed by atoms with Crippen LogP contribution in [0.25, 0.3) is 44.5 Å². The van der Waals surface area contributed by atoms with Crippen molar-refractivity contribution in [2.24, 2.45) is 0 Å². The summed E-state index contributed by atoms with van der Waals surface area (Å²) < 4.78 is 57.8. The van der Waals surface area contributed by atoms with E-state index in [4.69, 9.17) is 25.9 Å². The normalized spacial score (nSPS) is 13.8. The fourth-order valence-electron chi connectivity index (χ4n) is 11.1. The van der Waals surface area contributed by atoms with Crippen molar-refractivity contribution in [3.8, 4) is 44.5 Å². The first-order valence-electron chi connectivity index (χ1n) is 33.5. The van der Waals surface area contributed by atoms with Crippen LogP contribution in [0.4, 0.5) is 34.1 Å². The van der Waals surface area contributed by atoms with Crippen LogP contribution in [-0.2, 0) is 37.9 Å². The third-order valence-electron chi connectivity index (χ3n) is 16.6. The van der Waals surface area contributed by atoms with Crippen molar-refractivity contribution >= 4 is 57.3 Å². The van der Waals surface area contributed by atoms with Crippen LogP contribution in [0.1, 0.15) is 193 Å². The Labute approximate surface area is 537 Å². The Balaban J connectivity index is 1.59. The highest BCUT2D eigenvalue weighted by molar-refractivity contribution is 6.31. The molecule has 0 N–H and O–H groups in total. The average molecular weight is 1180 g/mol. The largest absolute Gasteiger partial charge is 0.309 e. The van der Waals surface area contributed by atoms with Crippen molar-refractivity contribution in [2.45, 2.75) is 183 Å². The molecule has 0 heterocycles. The highest BCUT2D eigenvalue weighted by Gasteiger charge is 2.33. The third-order valence-corrected chi connectivity index (χ3v) is 17.0. The van der Waals surface area contributed by atoms with E-state index in [1.54, 1.807) is 12.1 Å². The second kappa shape index (κ2) is 23.4. The van der Waals surface area contributed by atoms with E-state index in [2.05, 4.69) is 295 Å². The van der Waals surface area contributed by atoms with E-state index in [1.807, 2.05) is 0 Å². The SMILES string of the molecule is [2H]c1cc(N(c2cc(N(c3cc([2H])c([2H])c(Cl)c3[2H])c3c(-c4cccc(C(C)(C)C)c4)cc(C(C)(C)C)cc3-c3cccc(C(C)(C)C)c3)cc(C(C)(C)C)c2)c2c(-c3cccc(C(C)(C)C)c3)cc(C(C)(C)C)cc2-c2cccc(C(C)(C)C)c2)c([2H])c(Cl)c1[2H]. The van der Waals surface area contributed by atoms with Gasteiger partial charge in [0.05, 0.1) is 19.6 Å². The van der Waals surface area contributed by atoms with Gasteiger partial charge in [0.25, 0.3) is 0 Å². The molecule has 0 aromatic heterocycles. The summed E-state index contributed by atoms with van der Waals surface area (Å²) >= 11 is 14.5. The molecule has 9 aromatic carbocycles. The molecule has 86 heavy (non-hydrogen) atoms. The number of hydrogen-bond donors (Lipinski definition) is 0. The highest BCUT2D eigenvalue weighted by Crippen LogP contribution is 2.54. The van der Waals surface area contributed by atoms with Gasteiger partial charge in [0.2, 0.25) is 0 Å². The molecule has 0 fully saturated rings. The molecule has 4 heteroatoms. The van der Waals surface area contributed by atoms with Crippen molar-refractivity contribution < 1.29 is 8.22 Å². The Morgan fingerprint density at radius 3 is 0.767 bits per heavy atom. The second-order valence-electron chi connectivity index (χ2n) is 30.8. The fourth-order valence-corrected chi connectivity index (χ4v) is 11.4. The predicted molar refractivity (Wildman–Crippen MR) is 378 cm³/mol. The van der Waals surface area contributed by atoms with Gasteiger partial charge >= 0.3 is 0 Å². The van der Waals surface area contributed by atoms with E-state index in [-0.39, 0.29) is 90.2 Å². The molecule has 0 aliphatic heterocycles. The van der Waals surface area contributed by atoms with Crippen molar-refractivity contribution in [1.82, 2.24) is 0 Å². The van der Waals surface area contributed by atoms with Crippen molar-refractivity contribution in [2.75, 3.05) is 9.80 Å². The summed E-state index contributed by atoms with van der Waals surface area (Å²) in [6.07, 6.45) is 0. The van der Waals surface area contributed by atoms with E-state index in [1.165, 1.54) is 0 Å². The molecule has 0 saturated heterocycles. The Morgan fingerprint density at radius 1 is 0.279 bits per heavy atom. The lowest BCUT2D eigenvalue weighted by molar-refractivity contribution is 0.589. The molecule has 0 amide bonds. The first kappa shape index (κ1) is 55.7. The summed E-state index contributed by atoms with van der Waals surface area (Å²) in [5.41, 5.74) is 15.9. The van der Waals surface area contributed by atoms with Gasteiger partial charge in [0.1, 0.15) is 0 Å². The van der Waals surface area contributed by atoms with E-state index >= 15 is 0 Å². The first-order valence-corrected chi connectivity index (χ1v) is 31.2. The Bertz CT molecular complexity index is 3890. The fraction of sp³-hybridized carbons (Fsp3) is 0.341. The number of anilines is 6. The lowest BCUT2D eigenvalue weighted by atomic mass is 9.79. The van der Waals surface area contributed by atoms with Gasteiger partial charge in [-0.1, -0.05) is 278 Å². The lowest BCUT2D eigenvalue weighted by Crippen LogP contribution is -2.20. The van der Waals surface area contributed by atoms with Crippen LogP contribution < -0.4 is 9.80 Å². The molecule has 0 unspecified atom stereocenters. The van der Waals surface area contributed by atoms with Gasteiger partial charge in [0.15, 0.2) is 0 Å². The highest BCUT2D eigenvalue weighted by atomic mass is 35.5. The molecule has 9 rings (SSSR count). The summed E-state index contributed by atoms with van der Waals surface area (Å²) in [6.45, 7) is 46.6. The van der Waals surface area contributed by atoms with E-state index < -0.39 is 5.41 Å². The molecule has 0 saturated carbocycles. The van der Waals surface area contributed by atoms with Crippen molar-refractivity contribution in [3.05, 3.63) is 237 Å². The maximum atomic E-state index is 10.2. The smallest absolute Gasteiger partial charge is 0.0661 e. The number of nitrogens with zero attached hydrogens (tertiary/aromatic N) is 2. The van der Waals surface area contributed by atoms with Crippen LogP contribution in [0.2, 0.25) is 10.0 Å². The topological polar surface area (TPSA) is 6.48 Å². The quantitative estimate of drug-likeness (QED) is 0.135. The molecular formula is C82H94Cl2N2. The van der Waals surface area contributed by atoms with Crippen molar-refractivity contribution in [1.29, 1.82) is 0 Å². The minimum Gasteiger partial charge on any atom is -0.309 e. The van der Waals surface area contributed by atoms with Gasteiger partial charge in [-0.15, -0.1) is 0 Å². The zero-order chi connectivity index (χ0) is 68.1. The number of rotatable bonds is 10. The molecule has 0 spiro atoms. The van der Waals surface area contributed by atoms with Gasteiger partial charge in [-0.25, -0.2) is 0 Å². The zero-order valence-corrected chi connectivity index (χ0v) is 56.6. The molecule has 0 radical (unpaired) electrons. The second-order valence-corrected chi connectivity index (χ2v) is 31.6. The monoisotopic (exact) mass is 1180 g/mol. The molecule has 2 nitrogen and oxygen atoms in total. The average Bonchev–Trinajstić information content (AvgIpc) is 0.734. The first-order chi connectivity index (χ1) is 42.4. The van der Waals surface area contributed by atoms with Gasteiger partial charge in [0, 0.05) is 55.0 Å². The summed E-state index contributed by atoms with van der Waals surface area (Å²) in [5, 5.41) is -0.305. The van der Waals surface area contributed by atoms with Gasteiger partial charge < -0.3 is 9.80 Å². The predicted octanol–water partition coefficient (Wildman–Crippen LogP) is 25.7. The van der Waals surface area contributed by atoms with Gasteiger partial charge in [-0.2, -0.15) is 0 Å². The molecular weight excluding hydrogens is 1080 g/mol. The van der Waals surface area contributed by atoms with Crippen LogP contribution in [0.3, 0.4) is 0 Å². The van der Waals surface area contributed by atoms with Crippen LogP contribution in [0.5, 0.6) is 0 Å². The van der Waals surface area contributed by atoms with Gasteiger partial charge in [-0.05, 0) is 178 Å². The molecule has 0 atom stereocenters. The Kier molecular flexibility index (Phi) is 15.1. The lowest BCUT2D eigenvalue weighted by Gasteiger charge is -2.36. The standard InChI is InChI=1S/C82H94Cl2N2/c1-76(2,3)57-32-22-28-53(40-57)70-46-62(81(16,17)18)47-71(54-29-23-33-58(41-54)77(4,5)6)74(70)85(66-38-26-36-64(83)50-66)68-44-61(80(13,14)15)45-69(52-68)86(67-39-27-37-65(84)51-67)75-72(55-30-24-34-59(42-55)78(7,8)9)48-63(82(19,20)21)49-73(75)56-31-25-35-60(43-56)79(10,11)12/h22-52H,1-21H3/i26D,27D,36D,37D,50D,51D. The summed E-state index contributed by atoms with van der Waals surface area (Å²) in [4.78, 5) is 4.18. The van der Waals surface area contributed by atoms with E-state index in [0.717, 1.165) is 94.8 Å². The number of hydrogen-bond acceptors (Lipinski definition) is 2. The zero-order valence-electron chi connectivity index (χ0n) is 61.1. The summed E-state index contributed by atoms with van der Waals surface area (Å²) in [6, 6.07) is 52.6. The van der Waals surface area contributed by atoms with Crippen LogP contribution in [-0.4, -0.2) is 0 Å². The molecule has 446 valence electrons.